The van der Waals surface area contributed by atoms with E-state index in [-0.39, 0.29) is 12.1 Å². The summed E-state index contributed by atoms with van der Waals surface area (Å²) < 4.78 is 5.62. The van der Waals surface area contributed by atoms with Gasteiger partial charge in [-0.2, -0.15) is 15.4 Å². The molecule has 0 amide bonds. The van der Waals surface area contributed by atoms with Crippen LogP contribution in [0.2, 0.25) is 0 Å². The SMILES string of the molecule is CNC(c1ccc(OC(C)C)cc1)c1cn[nH]n1. The van der Waals surface area contributed by atoms with Crippen molar-refractivity contribution in [1.82, 2.24) is 20.7 Å². The third kappa shape index (κ3) is 2.87. The molecule has 0 spiro atoms. The maximum Gasteiger partial charge on any atom is 0.119 e. The Bertz CT molecular complexity index is 464. The van der Waals surface area contributed by atoms with Crippen LogP contribution in [-0.4, -0.2) is 28.6 Å². The second kappa shape index (κ2) is 5.64. The van der Waals surface area contributed by atoms with Gasteiger partial charge < -0.3 is 10.1 Å². The fourth-order valence-corrected chi connectivity index (χ4v) is 1.85. The van der Waals surface area contributed by atoms with E-state index in [4.69, 9.17) is 4.74 Å². The van der Waals surface area contributed by atoms with Crippen LogP contribution >= 0.6 is 0 Å². The lowest BCUT2D eigenvalue weighted by Gasteiger charge is -2.15. The largest absolute Gasteiger partial charge is 0.491 e. The number of ether oxygens (including phenoxy) is 1. The fraction of sp³-hybridized carbons (Fsp3) is 0.385. The molecule has 1 heterocycles. The molecule has 0 aliphatic carbocycles. The summed E-state index contributed by atoms with van der Waals surface area (Å²) in [7, 11) is 1.90. The maximum absolute atomic E-state index is 5.62. The molecule has 0 saturated carbocycles. The molecule has 1 unspecified atom stereocenters. The molecule has 1 aromatic heterocycles. The van der Waals surface area contributed by atoms with Crippen LogP contribution in [0.3, 0.4) is 0 Å². The van der Waals surface area contributed by atoms with Crippen molar-refractivity contribution in [2.75, 3.05) is 7.05 Å². The summed E-state index contributed by atoms with van der Waals surface area (Å²) in [6.45, 7) is 4.03. The van der Waals surface area contributed by atoms with Gasteiger partial charge in [-0.25, -0.2) is 0 Å². The third-order valence-corrected chi connectivity index (χ3v) is 2.60. The van der Waals surface area contributed by atoms with Gasteiger partial charge in [0.25, 0.3) is 0 Å². The van der Waals surface area contributed by atoms with E-state index >= 15 is 0 Å². The molecule has 1 atom stereocenters. The zero-order valence-corrected chi connectivity index (χ0v) is 10.8. The molecule has 2 rings (SSSR count). The molecule has 0 radical (unpaired) electrons. The van der Waals surface area contributed by atoms with Gasteiger partial charge in [-0.15, -0.1) is 0 Å². The lowest BCUT2D eigenvalue weighted by atomic mass is 10.0. The van der Waals surface area contributed by atoms with E-state index in [2.05, 4.69) is 20.7 Å². The minimum Gasteiger partial charge on any atom is -0.491 e. The topological polar surface area (TPSA) is 62.8 Å². The van der Waals surface area contributed by atoms with Crippen molar-refractivity contribution in [1.29, 1.82) is 0 Å². The zero-order valence-electron chi connectivity index (χ0n) is 10.8. The highest BCUT2D eigenvalue weighted by atomic mass is 16.5. The van der Waals surface area contributed by atoms with Crippen LogP contribution in [-0.2, 0) is 0 Å². The molecule has 1 aromatic carbocycles. The normalized spacial score (nSPS) is 12.7. The fourth-order valence-electron chi connectivity index (χ4n) is 1.85. The molecular weight excluding hydrogens is 228 g/mol. The van der Waals surface area contributed by atoms with Gasteiger partial charge in [-0.05, 0) is 38.6 Å². The number of rotatable bonds is 5. The Kier molecular flexibility index (Phi) is 3.94. The number of H-pyrrole nitrogens is 1. The Labute approximate surface area is 107 Å². The first kappa shape index (κ1) is 12.6. The van der Waals surface area contributed by atoms with E-state index in [0.717, 1.165) is 17.0 Å². The van der Waals surface area contributed by atoms with Gasteiger partial charge in [-0.3, -0.25) is 0 Å². The smallest absolute Gasteiger partial charge is 0.119 e. The summed E-state index contributed by atoms with van der Waals surface area (Å²) in [5.41, 5.74) is 2.00. The third-order valence-electron chi connectivity index (χ3n) is 2.60. The van der Waals surface area contributed by atoms with E-state index < -0.39 is 0 Å². The lowest BCUT2D eigenvalue weighted by molar-refractivity contribution is 0.242. The summed E-state index contributed by atoms with van der Waals surface area (Å²) in [6, 6.07) is 8.05. The summed E-state index contributed by atoms with van der Waals surface area (Å²) in [6.07, 6.45) is 1.91. The number of aromatic amines is 1. The highest BCUT2D eigenvalue weighted by Crippen LogP contribution is 2.22. The number of hydrogen-bond donors (Lipinski definition) is 2. The first-order valence-electron chi connectivity index (χ1n) is 6.00. The number of nitrogens with zero attached hydrogens (tertiary/aromatic N) is 2. The number of aromatic nitrogens is 3. The van der Waals surface area contributed by atoms with Gasteiger partial charge >= 0.3 is 0 Å². The van der Waals surface area contributed by atoms with E-state index in [1.54, 1.807) is 6.20 Å². The monoisotopic (exact) mass is 246 g/mol. The van der Waals surface area contributed by atoms with Crippen LogP contribution in [0, 0.1) is 0 Å². The zero-order chi connectivity index (χ0) is 13.0. The molecule has 5 nitrogen and oxygen atoms in total. The number of hydrogen-bond acceptors (Lipinski definition) is 4. The van der Waals surface area contributed by atoms with Crippen molar-refractivity contribution in [3.63, 3.8) is 0 Å². The average molecular weight is 246 g/mol. The predicted octanol–water partition coefficient (Wildman–Crippen LogP) is 1.90. The number of benzene rings is 1. The Morgan fingerprint density at radius 3 is 2.44 bits per heavy atom. The second-order valence-electron chi connectivity index (χ2n) is 4.35. The standard InChI is InChI=1S/C13H18N4O/c1-9(2)18-11-6-4-10(5-7-11)13(14-3)12-8-15-17-16-12/h4-9,13-14H,1-3H3,(H,15,16,17). The Balaban J connectivity index is 2.17. The van der Waals surface area contributed by atoms with Gasteiger partial charge in [0, 0.05) is 0 Å². The summed E-state index contributed by atoms with van der Waals surface area (Å²) >= 11 is 0. The number of nitrogens with one attached hydrogen (secondary N) is 2. The lowest BCUT2D eigenvalue weighted by Crippen LogP contribution is -2.18. The second-order valence-corrected chi connectivity index (χ2v) is 4.35. The molecule has 0 aliphatic heterocycles. The minimum atomic E-state index is 0.0387. The predicted molar refractivity (Wildman–Crippen MR) is 69.5 cm³/mol. The average Bonchev–Trinajstić information content (AvgIpc) is 2.85. The van der Waals surface area contributed by atoms with Gasteiger partial charge in [0.2, 0.25) is 0 Å². The van der Waals surface area contributed by atoms with Crippen molar-refractivity contribution in [2.24, 2.45) is 0 Å². The van der Waals surface area contributed by atoms with E-state index in [1.807, 2.05) is 45.2 Å². The van der Waals surface area contributed by atoms with Crippen LogP contribution in [0.4, 0.5) is 0 Å². The summed E-state index contributed by atoms with van der Waals surface area (Å²) in [4.78, 5) is 0. The van der Waals surface area contributed by atoms with Crippen LogP contribution in [0.15, 0.2) is 30.5 Å². The molecule has 96 valence electrons. The molecule has 2 aromatic rings. The van der Waals surface area contributed by atoms with E-state index in [1.165, 1.54) is 0 Å². The van der Waals surface area contributed by atoms with Crippen LogP contribution in [0.5, 0.6) is 5.75 Å². The van der Waals surface area contributed by atoms with E-state index in [0.29, 0.717) is 0 Å². The molecule has 2 N–H and O–H groups in total. The van der Waals surface area contributed by atoms with Crippen LogP contribution < -0.4 is 10.1 Å². The van der Waals surface area contributed by atoms with Crippen LogP contribution in [0.25, 0.3) is 0 Å². The quantitative estimate of drug-likeness (QED) is 0.845. The Morgan fingerprint density at radius 1 is 1.22 bits per heavy atom. The highest BCUT2D eigenvalue weighted by molar-refractivity contribution is 5.32. The van der Waals surface area contributed by atoms with Gasteiger partial charge in [0.05, 0.1) is 18.3 Å². The van der Waals surface area contributed by atoms with Gasteiger partial charge in [-0.1, -0.05) is 12.1 Å². The van der Waals surface area contributed by atoms with Crippen molar-refractivity contribution in [3.05, 3.63) is 41.7 Å². The molecule has 0 bridgehead atoms. The summed E-state index contributed by atoms with van der Waals surface area (Å²) in [5, 5.41) is 13.8. The molecule has 18 heavy (non-hydrogen) atoms. The maximum atomic E-state index is 5.62. The molecule has 5 heteroatoms. The van der Waals surface area contributed by atoms with E-state index in [9.17, 15) is 0 Å². The molecular formula is C13H18N4O. The Hall–Kier alpha value is -1.88. The Morgan fingerprint density at radius 2 is 1.94 bits per heavy atom. The molecule has 0 saturated heterocycles. The van der Waals surface area contributed by atoms with Gasteiger partial charge in [0.15, 0.2) is 0 Å². The van der Waals surface area contributed by atoms with Gasteiger partial charge in [0.1, 0.15) is 11.4 Å². The first-order valence-corrected chi connectivity index (χ1v) is 6.00. The molecule has 0 fully saturated rings. The van der Waals surface area contributed by atoms with Crippen LogP contribution in [0.1, 0.15) is 31.1 Å². The van der Waals surface area contributed by atoms with Crippen molar-refractivity contribution in [3.8, 4) is 5.75 Å². The highest BCUT2D eigenvalue weighted by Gasteiger charge is 2.14. The van der Waals surface area contributed by atoms with Crippen molar-refractivity contribution in [2.45, 2.75) is 26.0 Å². The summed E-state index contributed by atoms with van der Waals surface area (Å²) in [5.74, 6) is 0.878. The van der Waals surface area contributed by atoms with Crippen molar-refractivity contribution >= 4 is 0 Å². The minimum absolute atomic E-state index is 0.0387. The molecule has 0 aliphatic rings. The first-order chi connectivity index (χ1) is 8.70. The van der Waals surface area contributed by atoms with Crippen molar-refractivity contribution < 1.29 is 4.74 Å².